The number of urea groups is 1. The van der Waals surface area contributed by atoms with Gasteiger partial charge in [0.05, 0.1) is 18.6 Å². The van der Waals surface area contributed by atoms with Crippen molar-refractivity contribution in [3.8, 4) is 0 Å². The first-order chi connectivity index (χ1) is 12.2. The maximum absolute atomic E-state index is 12.4. The molecule has 0 spiro atoms. The van der Waals surface area contributed by atoms with Crippen LogP contribution in [0.5, 0.6) is 0 Å². The molecule has 0 saturated carbocycles. The summed E-state index contributed by atoms with van der Waals surface area (Å²) in [4.78, 5) is 22.9. The summed E-state index contributed by atoms with van der Waals surface area (Å²) in [6.07, 6.45) is 9.54. The van der Waals surface area contributed by atoms with E-state index in [4.69, 9.17) is 0 Å². The summed E-state index contributed by atoms with van der Waals surface area (Å²) in [5.41, 5.74) is 2.91. The van der Waals surface area contributed by atoms with Crippen LogP contribution in [0.3, 0.4) is 0 Å². The van der Waals surface area contributed by atoms with E-state index >= 15 is 0 Å². The molecule has 25 heavy (non-hydrogen) atoms. The van der Waals surface area contributed by atoms with Crippen LogP contribution in [-0.2, 0) is 6.54 Å². The molecule has 130 valence electrons. The van der Waals surface area contributed by atoms with Crippen LogP contribution in [0.25, 0.3) is 5.65 Å². The smallest absolute Gasteiger partial charge is 0.317 e. The van der Waals surface area contributed by atoms with Gasteiger partial charge in [-0.05, 0) is 31.9 Å². The second-order valence-electron chi connectivity index (χ2n) is 6.51. The van der Waals surface area contributed by atoms with Crippen LogP contribution in [0.2, 0.25) is 0 Å². The molecule has 7 heteroatoms. The van der Waals surface area contributed by atoms with Gasteiger partial charge in [-0.15, -0.1) is 0 Å². The Kier molecular flexibility index (Phi) is 4.13. The van der Waals surface area contributed by atoms with Gasteiger partial charge >= 0.3 is 6.03 Å². The highest BCUT2D eigenvalue weighted by molar-refractivity contribution is 5.74. The Morgan fingerprint density at radius 3 is 2.88 bits per heavy atom. The summed E-state index contributed by atoms with van der Waals surface area (Å²) in [6.45, 7) is 4.01. The quantitative estimate of drug-likeness (QED) is 0.797. The van der Waals surface area contributed by atoms with Gasteiger partial charge < -0.3 is 19.2 Å². The highest BCUT2D eigenvalue weighted by Gasteiger charge is 2.23. The largest absolute Gasteiger partial charge is 0.334 e. The summed E-state index contributed by atoms with van der Waals surface area (Å²) in [7, 11) is 0. The van der Waals surface area contributed by atoms with E-state index in [1.807, 2.05) is 53.1 Å². The number of carbonyl (C=O) groups is 1. The molecule has 1 aliphatic heterocycles. The molecular formula is C18H22N6O. The summed E-state index contributed by atoms with van der Waals surface area (Å²) in [6, 6.07) is 6.43. The van der Waals surface area contributed by atoms with Gasteiger partial charge in [-0.25, -0.2) is 14.8 Å². The number of piperidine rings is 1. The van der Waals surface area contributed by atoms with E-state index < -0.39 is 0 Å². The highest BCUT2D eigenvalue weighted by Crippen LogP contribution is 2.22. The Labute approximate surface area is 146 Å². The number of rotatable bonds is 3. The van der Waals surface area contributed by atoms with E-state index in [9.17, 15) is 4.79 Å². The Morgan fingerprint density at radius 1 is 1.32 bits per heavy atom. The molecule has 0 unspecified atom stereocenters. The molecule has 4 heterocycles. The van der Waals surface area contributed by atoms with Crippen molar-refractivity contribution in [1.82, 2.24) is 29.2 Å². The normalized spacial score (nSPS) is 15.6. The molecule has 1 N–H and O–H groups in total. The number of hydrogen-bond donors (Lipinski definition) is 1. The number of aromatic nitrogens is 4. The lowest BCUT2D eigenvalue weighted by atomic mass is 10.1. The van der Waals surface area contributed by atoms with E-state index in [1.54, 1.807) is 6.20 Å². The molecule has 0 aromatic carbocycles. The van der Waals surface area contributed by atoms with Gasteiger partial charge in [0, 0.05) is 43.4 Å². The number of aryl methyl sites for hydroxylation is 1. The van der Waals surface area contributed by atoms with E-state index in [0.29, 0.717) is 12.6 Å². The number of pyridine rings is 1. The number of fused-ring (bicyclic) bond motifs is 1. The van der Waals surface area contributed by atoms with E-state index in [2.05, 4.69) is 19.9 Å². The zero-order valence-corrected chi connectivity index (χ0v) is 14.3. The monoisotopic (exact) mass is 338 g/mol. The van der Waals surface area contributed by atoms with Crippen LogP contribution in [0.15, 0.2) is 43.1 Å². The number of nitrogens with one attached hydrogen (secondary N) is 1. The number of amides is 2. The molecule has 0 bridgehead atoms. The standard InChI is InChI=1S/C18H22N6O/c1-14-3-2-4-17-21-15(12-24(14)17)11-20-18(25)22-8-5-16(6-9-22)23-10-7-19-13-23/h2-4,7,10,12-13,16H,5-6,8-9,11H2,1H3,(H,20,25). The van der Waals surface area contributed by atoms with Crippen LogP contribution in [0, 0.1) is 6.92 Å². The van der Waals surface area contributed by atoms with Crippen molar-refractivity contribution in [3.63, 3.8) is 0 Å². The van der Waals surface area contributed by atoms with Crippen molar-refractivity contribution in [3.05, 3.63) is 54.5 Å². The summed E-state index contributed by atoms with van der Waals surface area (Å²) < 4.78 is 4.17. The van der Waals surface area contributed by atoms with Crippen LogP contribution < -0.4 is 5.32 Å². The predicted octanol–water partition coefficient (Wildman–Crippen LogP) is 2.39. The first kappa shape index (κ1) is 15.7. The minimum atomic E-state index is -0.0159. The zero-order chi connectivity index (χ0) is 17.2. The van der Waals surface area contributed by atoms with Gasteiger partial charge in [-0.2, -0.15) is 0 Å². The lowest BCUT2D eigenvalue weighted by molar-refractivity contribution is 0.171. The molecule has 0 aliphatic carbocycles. The molecule has 7 nitrogen and oxygen atoms in total. The maximum Gasteiger partial charge on any atom is 0.317 e. The Morgan fingerprint density at radius 2 is 2.16 bits per heavy atom. The second-order valence-corrected chi connectivity index (χ2v) is 6.51. The van der Waals surface area contributed by atoms with Gasteiger partial charge in [-0.1, -0.05) is 6.07 Å². The number of hydrogen-bond acceptors (Lipinski definition) is 3. The van der Waals surface area contributed by atoms with Crippen molar-refractivity contribution >= 4 is 11.7 Å². The Balaban J connectivity index is 1.32. The van der Waals surface area contributed by atoms with Gasteiger partial charge in [0.1, 0.15) is 5.65 Å². The summed E-state index contributed by atoms with van der Waals surface area (Å²) >= 11 is 0. The number of nitrogens with zero attached hydrogens (tertiary/aromatic N) is 5. The fourth-order valence-corrected chi connectivity index (χ4v) is 3.41. The molecule has 0 radical (unpaired) electrons. The average molecular weight is 338 g/mol. The SMILES string of the molecule is Cc1cccc2nc(CNC(=O)N3CCC(n4ccnc4)CC3)cn12. The zero-order valence-electron chi connectivity index (χ0n) is 14.3. The molecule has 0 atom stereocenters. The van der Waals surface area contributed by atoms with Gasteiger partial charge in [0.15, 0.2) is 0 Å². The molecule has 3 aromatic rings. The van der Waals surface area contributed by atoms with E-state index in [0.717, 1.165) is 43.0 Å². The fourth-order valence-electron chi connectivity index (χ4n) is 3.41. The number of imidazole rings is 2. The lowest BCUT2D eigenvalue weighted by Crippen LogP contribution is -2.44. The molecule has 4 rings (SSSR count). The van der Waals surface area contributed by atoms with Crippen LogP contribution in [0.1, 0.15) is 30.3 Å². The third-order valence-corrected chi connectivity index (χ3v) is 4.86. The third-order valence-electron chi connectivity index (χ3n) is 4.86. The Hall–Kier alpha value is -2.83. The molecule has 1 aliphatic rings. The summed E-state index contributed by atoms with van der Waals surface area (Å²) in [5, 5.41) is 2.99. The predicted molar refractivity (Wildman–Crippen MR) is 94.2 cm³/mol. The molecular weight excluding hydrogens is 316 g/mol. The van der Waals surface area contributed by atoms with Gasteiger partial charge in [-0.3, -0.25) is 0 Å². The van der Waals surface area contributed by atoms with E-state index in [-0.39, 0.29) is 6.03 Å². The van der Waals surface area contributed by atoms with Crippen molar-refractivity contribution in [1.29, 1.82) is 0 Å². The van der Waals surface area contributed by atoms with Crippen molar-refractivity contribution in [2.45, 2.75) is 32.4 Å². The maximum atomic E-state index is 12.4. The first-order valence-corrected chi connectivity index (χ1v) is 8.64. The minimum absolute atomic E-state index is 0.0159. The highest BCUT2D eigenvalue weighted by atomic mass is 16.2. The number of likely N-dealkylation sites (tertiary alicyclic amines) is 1. The molecule has 3 aromatic heterocycles. The topological polar surface area (TPSA) is 67.5 Å². The lowest BCUT2D eigenvalue weighted by Gasteiger charge is -2.32. The second kappa shape index (κ2) is 6.58. The average Bonchev–Trinajstić information content (AvgIpc) is 3.30. The van der Waals surface area contributed by atoms with Gasteiger partial charge in [0.2, 0.25) is 0 Å². The Bertz CT molecular complexity index is 861. The third kappa shape index (κ3) is 3.22. The molecule has 1 saturated heterocycles. The van der Waals surface area contributed by atoms with E-state index in [1.165, 1.54) is 0 Å². The number of carbonyl (C=O) groups excluding carboxylic acids is 1. The van der Waals surface area contributed by atoms with Crippen LogP contribution in [-0.4, -0.2) is 43.0 Å². The molecule has 2 amide bonds. The van der Waals surface area contributed by atoms with Gasteiger partial charge in [0.25, 0.3) is 0 Å². The van der Waals surface area contributed by atoms with Crippen molar-refractivity contribution in [2.75, 3.05) is 13.1 Å². The summed E-state index contributed by atoms with van der Waals surface area (Å²) in [5.74, 6) is 0. The van der Waals surface area contributed by atoms with Crippen molar-refractivity contribution < 1.29 is 4.79 Å². The minimum Gasteiger partial charge on any atom is -0.334 e. The van der Waals surface area contributed by atoms with Crippen molar-refractivity contribution in [2.24, 2.45) is 0 Å². The van der Waals surface area contributed by atoms with Crippen LogP contribution >= 0.6 is 0 Å². The first-order valence-electron chi connectivity index (χ1n) is 8.64. The van der Waals surface area contributed by atoms with Crippen LogP contribution in [0.4, 0.5) is 4.79 Å². The molecule has 1 fully saturated rings. The fraction of sp³-hybridized carbons (Fsp3) is 0.389.